The molecule has 140 valence electrons. The first-order valence-corrected chi connectivity index (χ1v) is 9.54. The molecule has 2 saturated carbocycles. The molecule has 24 heavy (non-hydrogen) atoms. The topological polar surface area (TPSA) is 9.23 Å². The largest absolute Gasteiger partial charge is 0.378 e. The Labute approximate surface area is 142 Å². The Morgan fingerprint density at radius 3 is 1.75 bits per heavy atom. The molecule has 3 fully saturated rings. The second-order valence-corrected chi connectivity index (χ2v) is 8.52. The van der Waals surface area contributed by atoms with Crippen molar-refractivity contribution < 1.29 is 22.3 Å². The smallest absolute Gasteiger partial charge is 0.106 e. The Morgan fingerprint density at radius 1 is 0.708 bits per heavy atom. The summed E-state index contributed by atoms with van der Waals surface area (Å²) in [5.41, 5.74) is 0. The van der Waals surface area contributed by atoms with Crippen LogP contribution in [0.2, 0.25) is 0 Å². The molecule has 2 aliphatic carbocycles. The predicted molar refractivity (Wildman–Crippen MR) is 85.8 cm³/mol. The molecule has 0 N–H and O–H groups in total. The SMILES string of the molecule is CC1CCC(C2CC(F)C(C3CC(F)C(C)C(F)C3)C(F)C2)OC1. The minimum Gasteiger partial charge on any atom is -0.378 e. The van der Waals surface area contributed by atoms with E-state index in [9.17, 15) is 17.6 Å². The third kappa shape index (κ3) is 3.76. The Hall–Kier alpha value is -0.320. The quantitative estimate of drug-likeness (QED) is 0.620. The van der Waals surface area contributed by atoms with Gasteiger partial charge in [-0.15, -0.1) is 0 Å². The Bertz CT molecular complexity index is 388. The van der Waals surface area contributed by atoms with Crippen LogP contribution in [0.4, 0.5) is 17.6 Å². The van der Waals surface area contributed by atoms with Gasteiger partial charge >= 0.3 is 0 Å². The number of ether oxygens (including phenoxy) is 1. The molecule has 3 aliphatic rings. The molecular weight excluding hydrogens is 320 g/mol. The first-order valence-electron chi connectivity index (χ1n) is 9.54. The third-order valence-corrected chi connectivity index (χ3v) is 6.70. The molecule has 0 radical (unpaired) electrons. The molecule has 3 rings (SSSR count). The van der Waals surface area contributed by atoms with Gasteiger partial charge in [-0.1, -0.05) is 13.8 Å². The van der Waals surface area contributed by atoms with Crippen LogP contribution in [0.5, 0.6) is 0 Å². The van der Waals surface area contributed by atoms with Gasteiger partial charge in [0.15, 0.2) is 0 Å². The molecule has 0 aromatic carbocycles. The number of rotatable bonds is 2. The number of hydrogen-bond donors (Lipinski definition) is 0. The summed E-state index contributed by atoms with van der Waals surface area (Å²) >= 11 is 0. The summed E-state index contributed by atoms with van der Waals surface area (Å²) in [7, 11) is 0. The van der Waals surface area contributed by atoms with Gasteiger partial charge in [0.2, 0.25) is 0 Å². The summed E-state index contributed by atoms with van der Waals surface area (Å²) in [5.74, 6) is -1.64. The highest BCUT2D eigenvalue weighted by Gasteiger charge is 2.48. The van der Waals surface area contributed by atoms with E-state index in [0.717, 1.165) is 12.8 Å². The fraction of sp³-hybridized carbons (Fsp3) is 1.00. The molecule has 6 unspecified atom stereocenters. The Morgan fingerprint density at radius 2 is 1.25 bits per heavy atom. The predicted octanol–water partition coefficient (Wildman–Crippen LogP) is 5.23. The fourth-order valence-corrected chi connectivity index (χ4v) is 5.03. The van der Waals surface area contributed by atoms with Gasteiger partial charge in [-0.2, -0.15) is 0 Å². The zero-order chi connectivity index (χ0) is 17.4. The molecule has 1 saturated heterocycles. The van der Waals surface area contributed by atoms with Crippen molar-refractivity contribution in [3.8, 4) is 0 Å². The van der Waals surface area contributed by atoms with Crippen molar-refractivity contribution in [1.82, 2.24) is 0 Å². The lowest BCUT2D eigenvalue weighted by Gasteiger charge is -2.45. The van der Waals surface area contributed by atoms with Crippen molar-refractivity contribution >= 4 is 0 Å². The van der Waals surface area contributed by atoms with Crippen molar-refractivity contribution in [2.45, 2.75) is 83.2 Å². The summed E-state index contributed by atoms with van der Waals surface area (Å²) in [6.45, 7) is 4.32. The van der Waals surface area contributed by atoms with E-state index in [4.69, 9.17) is 4.74 Å². The molecule has 0 aromatic heterocycles. The highest BCUT2D eigenvalue weighted by atomic mass is 19.2. The van der Waals surface area contributed by atoms with Crippen LogP contribution >= 0.6 is 0 Å². The lowest BCUT2D eigenvalue weighted by Crippen LogP contribution is -2.48. The van der Waals surface area contributed by atoms with Crippen molar-refractivity contribution in [2.24, 2.45) is 29.6 Å². The number of hydrogen-bond acceptors (Lipinski definition) is 1. The van der Waals surface area contributed by atoms with Crippen LogP contribution < -0.4 is 0 Å². The van der Waals surface area contributed by atoms with Crippen molar-refractivity contribution in [3.63, 3.8) is 0 Å². The summed E-state index contributed by atoms with van der Waals surface area (Å²) < 4.78 is 63.3. The van der Waals surface area contributed by atoms with Gasteiger partial charge in [0.05, 0.1) is 6.10 Å². The van der Waals surface area contributed by atoms with E-state index in [1.54, 1.807) is 6.92 Å². The van der Waals surface area contributed by atoms with Gasteiger partial charge < -0.3 is 4.74 Å². The van der Waals surface area contributed by atoms with Gasteiger partial charge in [-0.05, 0) is 56.3 Å². The van der Waals surface area contributed by atoms with E-state index in [1.807, 2.05) is 0 Å². The Kier molecular flexibility index (Phi) is 5.78. The van der Waals surface area contributed by atoms with Gasteiger partial charge in [-0.3, -0.25) is 0 Å². The standard InChI is InChI=1S/C19H30F4O/c1-10-3-4-18(24-9-10)12-5-16(22)19(17(23)6-12)13-7-14(20)11(2)15(21)8-13/h10-19H,3-9H2,1-2H3. The maximum atomic E-state index is 14.8. The van der Waals surface area contributed by atoms with Crippen LogP contribution in [-0.4, -0.2) is 37.4 Å². The molecule has 0 aromatic rings. The van der Waals surface area contributed by atoms with Gasteiger partial charge in [0, 0.05) is 18.4 Å². The molecule has 6 atom stereocenters. The molecule has 0 amide bonds. The van der Waals surface area contributed by atoms with Crippen molar-refractivity contribution in [1.29, 1.82) is 0 Å². The average molecular weight is 350 g/mol. The van der Waals surface area contributed by atoms with E-state index in [0.29, 0.717) is 12.5 Å². The van der Waals surface area contributed by atoms with Crippen LogP contribution in [0.1, 0.15) is 52.4 Å². The summed E-state index contributed by atoms with van der Waals surface area (Å²) in [6, 6.07) is 0. The highest BCUT2D eigenvalue weighted by molar-refractivity contribution is 4.97. The van der Waals surface area contributed by atoms with E-state index in [-0.39, 0.29) is 37.7 Å². The minimum atomic E-state index is -1.32. The molecular formula is C19H30F4O. The molecule has 1 aliphatic heterocycles. The molecule has 0 spiro atoms. The number of halogens is 4. The van der Waals surface area contributed by atoms with E-state index in [2.05, 4.69) is 6.92 Å². The molecule has 0 bridgehead atoms. The van der Waals surface area contributed by atoms with Crippen LogP contribution in [0.25, 0.3) is 0 Å². The van der Waals surface area contributed by atoms with E-state index >= 15 is 0 Å². The maximum absolute atomic E-state index is 14.8. The second-order valence-electron chi connectivity index (χ2n) is 8.52. The lowest BCUT2D eigenvalue weighted by molar-refractivity contribution is -0.0946. The van der Waals surface area contributed by atoms with Crippen molar-refractivity contribution in [2.75, 3.05) is 6.61 Å². The van der Waals surface area contributed by atoms with Gasteiger partial charge in [0.25, 0.3) is 0 Å². The van der Waals surface area contributed by atoms with Crippen LogP contribution in [0, 0.1) is 29.6 Å². The minimum absolute atomic E-state index is 0.0622. The van der Waals surface area contributed by atoms with Crippen LogP contribution in [0.15, 0.2) is 0 Å². The van der Waals surface area contributed by atoms with Gasteiger partial charge in [-0.25, -0.2) is 17.6 Å². The summed E-state index contributed by atoms with van der Waals surface area (Å²) in [4.78, 5) is 0. The monoisotopic (exact) mass is 350 g/mol. The molecule has 1 heterocycles. The molecule has 1 nitrogen and oxygen atoms in total. The van der Waals surface area contributed by atoms with Gasteiger partial charge in [0.1, 0.15) is 24.7 Å². The molecule has 5 heteroatoms. The summed E-state index contributed by atoms with van der Waals surface area (Å²) in [5, 5.41) is 0. The second kappa shape index (κ2) is 7.51. The average Bonchev–Trinajstić information content (AvgIpc) is 2.52. The normalized spacial score (nSPS) is 53.8. The fourth-order valence-electron chi connectivity index (χ4n) is 5.03. The van der Waals surface area contributed by atoms with E-state index in [1.165, 1.54) is 0 Å². The maximum Gasteiger partial charge on any atom is 0.106 e. The Balaban J connectivity index is 1.61. The third-order valence-electron chi connectivity index (χ3n) is 6.70. The first kappa shape index (κ1) is 18.5. The number of alkyl halides is 4. The van der Waals surface area contributed by atoms with Crippen LogP contribution in [0.3, 0.4) is 0 Å². The van der Waals surface area contributed by atoms with E-state index < -0.39 is 42.4 Å². The van der Waals surface area contributed by atoms with Crippen molar-refractivity contribution in [3.05, 3.63) is 0 Å². The highest BCUT2D eigenvalue weighted by Crippen LogP contribution is 2.47. The first-order chi connectivity index (χ1) is 11.4. The zero-order valence-electron chi connectivity index (χ0n) is 14.6. The summed E-state index contributed by atoms with van der Waals surface area (Å²) in [6.07, 6.45) is -2.68. The zero-order valence-corrected chi connectivity index (χ0v) is 14.6. The lowest BCUT2D eigenvalue weighted by atomic mass is 9.65. The van der Waals surface area contributed by atoms with Crippen LogP contribution in [-0.2, 0) is 4.74 Å².